The molecule has 0 saturated heterocycles. The normalized spacial score (nSPS) is 11.6. The second kappa shape index (κ2) is 6.73. The molecule has 19 heavy (non-hydrogen) atoms. The molecule has 0 fully saturated rings. The number of benzene rings is 1. The van der Waals surface area contributed by atoms with Gasteiger partial charge >= 0.3 is 0 Å². The predicted octanol–water partition coefficient (Wildman–Crippen LogP) is 2.74. The van der Waals surface area contributed by atoms with Crippen molar-refractivity contribution in [2.75, 3.05) is 5.73 Å². The summed E-state index contributed by atoms with van der Waals surface area (Å²) in [6.45, 7) is 3.95. The van der Waals surface area contributed by atoms with E-state index < -0.39 is 0 Å². The quantitative estimate of drug-likeness (QED) is 0.466. The number of aryl methyl sites for hydroxylation is 1. The molecule has 0 heterocycles. The van der Waals surface area contributed by atoms with Gasteiger partial charge in [-0.3, -0.25) is 5.41 Å². The molecule has 0 bridgehead atoms. The summed E-state index contributed by atoms with van der Waals surface area (Å²) in [4.78, 5) is 0. The molecule has 0 radical (unpaired) electrons. The van der Waals surface area contributed by atoms with Crippen LogP contribution in [0, 0.1) is 16.7 Å². The van der Waals surface area contributed by atoms with Gasteiger partial charge in [0.25, 0.3) is 0 Å². The highest BCUT2D eigenvalue weighted by Gasteiger charge is 2.13. The lowest BCUT2D eigenvalue weighted by Crippen LogP contribution is -2.19. The lowest BCUT2D eigenvalue weighted by atomic mass is 9.94. The maximum atomic E-state index is 7.99. The van der Waals surface area contributed by atoms with Crippen LogP contribution in [0.2, 0.25) is 0 Å². The second-order valence-electron chi connectivity index (χ2n) is 4.87. The third-order valence-electron chi connectivity index (χ3n) is 3.04. The molecule has 102 valence electrons. The number of anilines is 1. The summed E-state index contributed by atoms with van der Waals surface area (Å²) in [7, 11) is 0. The van der Waals surface area contributed by atoms with E-state index in [2.05, 4.69) is 0 Å². The van der Waals surface area contributed by atoms with Gasteiger partial charge < -0.3 is 16.9 Å². The Hall–Kier alpha value is -2.10. The van der Waals surface area contributed by atoms with Crippen molar-refractivity contribution in [3.05, 3.63) is 41.6 Å². The van der Waals surface area contributed by atoms with Gasteiger partial charge in [-0.1, -0.05) is 26.0 Å². The van der Waals surface area contributed by atoms with Gasteiger partial charge in [-0.05, 0) is 48.2 Å². The zero-order valence-corrected chi connectivity index (χ0v) is 11.5. The van der Waals surface area contributed by atoms with Crippen molar-refractivity contribution in [2.45, 2.75) is 26.7 Å². The first-order valence-electron chi connectivity index (χ1n) is 6.38. The number of rotatable bonds is 6. The molecular weight excluding hydrogens is 236 g/mol. The number of hydrogen-bond acceptors (Lipinski definition) is 4. The smallest absolute Gasteiger partial charge is 0.0796 e. The van der Waals surface area contributed by atoms with Crippen LogP contribution in [-0.4, -0.2) is 11.4 Å². The number of nitrogens with two attached hydrogens (primary N) is 2. The Kier molecular flexibility index (Phi) is 5.30. The van der Waals surface area contributed by atoms with E-state index in [1.54, 1.807) is 0 Å². The summed E-state index contributed by atoms with van der Waals surface area (Å²) in [6, 6.07) is 7.61. The standard InChI is InChI=1S/C15H22N4/c1-10(2)13(9-16)15(19)14(18)8-5-11-3-6-12(17)7-4-11/h3-4,6-7,9-10,18-19H,5,8,16-17H2,1-2H3/b13-9-,18-14?,19-15?. The minimum Gasteiger partial charge on any atom is -0.404 e. The highest BCUT2D eigenvalue weighted by molar-refractivity contribution is 6.46. The van der Waals surface area contributed by atoms with E-state index in [1.165, 1.54) is 6.20 Å². The molecular formula is C15H22N4. The van der Waals surface area contributed by atoms with Gasteiger partial charge in [0, 0.05) is 5.69 Å². The Labute approximate surface area is 114 Å². The summed E-state index contributed by atoms with van der Waals surface area (Å²) in [5.74, 6) is 0.161. The summed E-state index contributed by atoms with van der Waals surface area (Å²) in [6.07, 6.45) is 2.70. The van der Waals surface area contributed by atoms with Crippen molar-refractivity contribution < 1.29 is 0 Å². The zero-order valence-electron chi connectivity index (χ0n) is 11.5. The Morgan fingerprint density at radius 1 is 1.21 bits per heavy atom. The van der Waals surface area contributed by atoms with Crippen LogP contribution in [0.25, 0.3) is 0 Å². The van der Waals surface area contributed by atoms with E-state index in [-0.39, 0.29) is 11.6 Å². The first-order valence-corrected chi connectivity index (χ1v) is 6.38. The predicted molar refractivity (Wildman–Crippen MR) is 81.7 cm³/mol. The lowest BCUT2D eigenvalue weighted by Gasteiger charge is -2.13. The van der Waals surface area contributed by atoms with E-state index in [0.717, 1.165) is 23.2 Å². The molecule has 0 amide bonds. The first-order chi connectivity index (χ1) is 8.95. The average molecular weight is 258 g/mol. The fourth-order valence-corrected chi connectivity index (χ4v) is 1.82. The van der Waals surface area contributed by atoms with Gasteiger partial charge in [0.15, 0.2) is 0 Å². The third kappa shape index (κ3) is 4.25. The molecule has 0 aromatic heterocycles. The minimum atomic E-state index is 0.161. The van der Waals surface area contributed by atoms with Crippen LogP contribution in [0.4, 0.5) is 5.69 Å². The van der Waals surface area contributed by atoms with Crippen LogP contribution in [-0.2, 0) is 6.42 Å². The van der Waals surface area contributed by atoms with Gasteiger partial charge in [-0.25, -0.2) is 0 Å². The Bertz CT molecular complexity index is 483. The summed E-state index contributed by atoms with van der Waals surface area (Å²) < 4.78 is 0. The average Bonchev–Trinajstić information content (AvgIpc) is 2.38. The van der Waals surface area contributed by atoms with Crippen molar-refractivity contribution >= 4 is 17.1 Å². The van der Waals surface area contributed by atoms with Gasteiger partial charge in [-0.15, -0.1) is 0 Å². The van der Waals surface area contributed by atoms with Crippen LogP contribution in [0.1, 0.15) is 25.8 Å². The second-order valence-corrected chi connectivity index (χ2v) is 4.87. The number of nitrogen functional groups attached to an aromatic ring is 1. The molecule has 1 aromatic carbocycles. The minimum absolute atomic E-state index is 0.161. The van der Waals surface area contributed by atoms with Crippen LogP contribution in [0.5, 0.6) is 0 Å². The molecule has 0 aliphatic heterocycles. The van der Waals surface area contributed by atoms with E-state index in [9.17, 15) is 0 Å². The molecule has 4 nitrogen and oxygen atoms in total. The van der Waals surface area contributed by atoms with Gasteiger partial charge in [0.2, 0.25) is 0 Å². The molecule has 0 atom stereocenters. The summed E-state index contributed by atoms with van der Waals surface area (Å²) >= 11 is 0. The largest absolute Gasteiger partial charge is 0.404 e. The van der Waals surface area contributed by atoms with Crippen molar-refractivity contribution in [1.29, 1.82) is 10.8 Å². The Morgan fingerprint density at radius 3 is 2.26 bits per heavy atom. The molecule has 1 rings (SSSR count). The number of hydrogen-bond donors (Lipinski definition) is 4. The monoisotopic (exact) mass is 258 g/mol. The zero-order chi connectivity index (χ0) is 14.4. The molecule has 1 aromatic rings. The van der Waals surface area contributed by atoms with Gasteiger partial charge in [0.05, 0.1) is 11.4 Å². The van der Waals surface area contributed by atoms with Gasteiger partial charge in [-0.2, -0.15) is 0 Å². The van der Waals surface area contributed by atoms with Crippen LogP contribution in [0.15, 0.2) is 36.0 Å². The highest BCUT2D eigenvalue weighted by Crippen LogP contribution is 2.13. The summed E-state index contributed by atoms with van der Waals surface area (Å²) in [5, 5.41) is 16.0. The molecule has 0 aliphatic carbocycles. The molecule has 0 spiro atoms. The third-order valence-corrected chi connectivity index (χ3v) is 3.04. The number of allylic oxidation sites excluding steroid dienone is 1. The van der Waals surface area contributed by atoms with Crippen LogP contribution in [0.3, 0.4) is 0 Å². The van der Waals surface area contributed by atoms with E-state index in [4.69, 9.17) is 22.3 Å². The summed E-state index contributed by atoms with van der Waals surface area (Å²) in [5.41, 5.74) is 14.3. The fraction of sp³-hybridized carbons (Fsp3) is 0.333. The Balaban J connectivity index is 2.60. The topological polar surface area (TPSA) is 99.7 Å². The molecule has 0 unspecified atom stereocenters. The molecule has 0 saturated carbocycles. The van der Waals surface area contributed by atoms with Crippen molar-refractivity contribution in [3.63, 3.8) is 0 Å². The maximum absolute atomic E-state index is 7.99. The SMILES string of the molecule is CC(C)/C(=C/N)C(=N)C(=N)CCc1ccc(N)cc1. The highest BCUT2D eigenvalue weighted by atomic mass is 14.6. The lowest BCUT2D eigenvalue weighted by molar-refractivity contribution is 0.799. The van der Waals surface area contributed by atoms with Crippen molar-refractivity contribution in [1.82, 2.24) is 0 Å². The van der Waals surface area contributed by atoms with Crippen molar-refractivity contribution in [2.24, 2.45) is 11.7 Å². The maximum Gasteiger partial charge on any atom is 0.0796 e. The first kappa shape index (κ1) is 15.0. The van der Waals surface area contributed by atoms with E-state index in [0.29, 0.717) is 12.1 Å². The van der Waals surface area contributed by atoms with Crippen LogP contribution >= 0.6 is 0 Å². The Morgan fingerprint density at radius 2 is 1.79 bits per heavy atom. The van der Waals surface area contributed by atoms with Crippen LogP contribution < -0.4 is 11.5 Å². The molecule has 0 aliphatic rings. The fourth-order valence-electron chi connectivity index (χ4n) is 1.82. The van der Waals surface area contributed by atoms with Gasteiger partial charge in [0.1, 0.15) is 0 Å². The molecule has 4 heteroatoms. The molecule has 6 N–H and O–H groups in total. The van der Waals surface area contributed by atoms with E-state index in [1.807, 2.05) is 38.1 Å². The van der Waals surface area contributed by atoms with Crippen molar-refractivity contribution in [3.8, 4) is 0 Å². The van der Waals surface area contributed by atoms with E-state index >= 15 is 0 Å². The number of nitrogens with one attached hydrogen (secondary N) is 2.